The number of aromatic hydroxyl groups is 1. The first-order valence-corrected chi connectivity index (χ1v) is 11.1. The number of phenols is 1. The molecule has 6 N–H and O–H groups in total. The second-order valence-electron chi connectivity index (χ2n) is 9.75. The number of likely N-dealkylation sites (N-methyl/N-ethyl adjacent to an activating group) is 1. The standard InChI is InChI=1S/C24H25F3N2O7/c1-8(24(25,26)27)10-4-5-13(30)15-11(10)6-9-7-12-17(29(2)3)19(32)16(22(28)35)21(34)23(12,36)20(33)14(9)18(15)31/h4-5,8-9,12,17,30-31,34,36H,6-7H2,1-3H3,(H2,28,35)/t8?,9-,12-,17-,23-/m0/s1. The van der Waals surface area contributed by atoms with E-state index in [-0.39, 0.29) is 29.5 Å². The summed E-state index contributed by atoms with van der Waals surface area (Å²) in [7, 11) is 2.91. The number of halogens is 3. The van der Waals surface area contributed by atoms with Crippen LogP contribution in [0.4, 0.5) is 13.2 Å². The van der Waals surface area contributed by atoms with Crippen molar-refractivity contribution in [2.24, 2.45) is 17.6 Å². The lowest BCUT2D eigenvalue weighted by Crippen LogP contribution is -2.65. The first-order valence-electron chi connectivity index (χ1n) is 11.1. The number of hydrogen-bond acceptors (Lipinski definition) is 8. The highest BCUT2D eigenvalue weighted by Crippen LogP contribution is 2.53. The molecule has 1 saturated carbocycles. The molecule has 1 amide bonds. The highest BCUT2D eigenvalue weighted by atomic mass is 19.4. The van der Waals surface area contributed by atoms with E-state index in [1.165, 1.54) is 19.0 Å². The van der Waals surface area contributed by atoms with Crippen LogP contribution < -0.4 is 5.73 Å². The van der Waals surface area contributed by atoms with Crippen LogP contribution in [0.2, 0.25) is 0 Å². The Morgan fingerprint density at radius 1 is 1.19 bits per heavy atom. The Morgan fingerprint density at radius 3 is 2.33 bits per heavy atom. The van der Waals surface area contributed by atoms with Gasteiger partial charge in [-0.15, -0.1) is 0 Å². The molecule has 194 valence electrons. The summed E-state index contributed by atoms with van der Waals surface area (Å²) in [4.78, 5) is 40.0. The summed E-state index contributed by atoms with van der Waals surface area (Å²) in [6.07, 6.45) is -5.04. The normalized spacial score (nSPS) is 29.2. The molecule has 1 fully saturated rings. The number of carbonyl (C=O) groups is 3. The Labute approximate surface area is 203 Å². The molecule has 4 rings (SSSR count). The van der Waals surface area contributed by atoms with Gasteiger partial charge in [-0.25, -0.2) is 0 Å². The number of nitrogens with two attached hydrogens (primary N) is 1. The molecule has 0 saturated heterocycles. The molecule has 0 spiro atoms. The SMILES string of the molecule is CC(c1ccc(O)c2c1C[C@H]1C[C@H]3[C@H](N(C)C)C(=O)C(C(N)=O)=C(O)[C@@]3(O)C(=O)C1=C2O)C(F)(F)F. The number of hydrogen-bond donors (Lipinski definition) is 5. The number of carbonyl (C=O) groups excluding carboxylic acids is 3. The summed E-state index contributed by atoms with van der Waals surface area (Å²) in [5.41, 5.74) is 0.499. The first kappa shape index (κ1) is 25.7. The van der Waals surface area contributed by atoms with Gasteiger partial charge in [0.1, 0.15) is 22.8 Å². The number of ketones is 2. The summed E-state index contributed by atoms with van der Waals surface area (Å²) in [5.74, 6) is -10.3. The van der Waals surface area contributed by atoms with E-state index >= 15 is 0 Å². The van der Waals surface area contributed by atoms with Gasteiger partial charge in [0, 0.05) is 11.5 Å². The maximum atomic E-state index is 13.7. The van der Waals surface area contributed by atoms with Crippen molar-refractivity contribution in [3.05, 3.63) is 45.7 Å². The molecule has 1 unspecified atom stereocenters. The highest BCUT2D eigenvalue weighted by Gasteiger charge is 2.64. The molecule has 9 nitrogen and oxygen atoms in total. The Hall–Kier alpha value is -3.38. The minimum atomic E-state index is -4.62. The maximum Gasteiger partial charge on any atom is 0.395 e. The number of Topliss-reactive ketones (excluding diaryl/α,β-unsaturated/α-hetero) is 2. The number of phenolic OH excluding ortho intramolecular Hbond substituents is 1. The van der Waals surface area contributed by atoms with Crippen LogP contribution in [0.1, 0.15) is 36.0 Å². The van der Waals surface area contributed by atoms with Gasteiger partial charge in [-0.1, -0.05) is 6.07 Å². The number of aliphatic hydroxyl groups excluding tert-OH is 2. The quantitative estimate of drug-likeness (QED) is 0.384. The minimum Gasteiger partial charge on any atom is -0.508 e. The van der Waals surface area contributed by atoms with E-state index in [2.05, 4.69) is 0 Å². The molecule has 1 aromatic carbocycles. The third-order valence-electron chi connectivity index (χ3n) is 7.60. The monoisotopic (exact) mass is 510 g/mol. The van der Waals surface area contributed by atoms with Gasteiger partial charge in [0.05, 0.1) is 17.5 Å². The molecular formula is C24H25F3N2O7. The molecule has 3 aliphatic carbocycles. The number of aliphatic hydroxyl groups is 3. The molecule has 0 aliphatic heterocycles. The van der Waals surface area contributed by atoms with Crippen LogP contribution >= 0.6 is 0 Å². The fraction of sp³-hybridized carbons (Fsp3) is 0.458. The third-order valence-corrected chi connectivity index (χ3v) is 7.60. The van der Waals surface area contributed by atoms with Crippen LogP contribution in [0.3, 0.4) is 0 Å². The van der Waals surface area contributed by atoms with E-state index in [0.29, 0.717) is 0 Å². The number of fused-ring (bicyclic) bond motifs is 3. The smallest absolute Gasteiger partial charge is 0.395 e. The van der Waals surface area contributed by atoms with E-state index < -0.39 is 81.5 Å². The van der Waals surface area contributed by atoms with Crippen molar-refractivity contribution in [3.63, 3.8) is 0 Å². The minimum absolute atomic E-state index is 0.00885. The number of amides is 1. The lowest BCUT2D eigenvalue weighted by atomic mass is 9.57. The molecule has 0 aromatic heterocycles. The lowest BCUT2D eigenvalue weighted by Gasteiger charge is -2.50. The number of primary amides is 1. The van der Waals surface area contributed by atoms with Crippen molar-refractivity contribution in [1.29, 1.82) is 0 Å². The molecular weight excluding hydrogens is 485 g/mol. The van der Waals surface area contributed by atoms with Crippen molar-refractivity contribution in [2.75, 3.05) is 14.1 Å². The van der Waals surface area contributed by atoms with Gasteiger partial charge in [-0.3, -0.25) is 19.3 Å². The molecule has 12 heteroatoms. The average Bonchev–Trinajstić information content (AvgIpc) is 2.75. The van der Waals surface area contributed by atoms with Crippen LogP contribution in [-0.4, -0.2) is 74.7 Å². The van der Waals surface area contributed by atoms with Crippen LogP contribution in [0.15, 0.2) is 29.0 Å². The third kappa shape index (κ3) is 3.34. The van der Waals surface area contributed by atoms with Gasteiger partial charge in [-0.2, -0.15) is 13.2 Å². The Balaban J connectivity index is 1.98. The topological polar surface area (TPSA) is 161 Å². The Kier molecular flexibility index (Phi) is 5.76. The van der Waals surface area contributed by atoms with E-state index in [9.17, 15) is 48.0 Å². The van der Waals surface area contributed by atoms with E-state index in [1.807, 2.05) is 0 Å². The highest BCUT2D eigenvalue weighted by molar-refractivity contribution is 6.24. The Bertz CT molecular complexity index is 1270. The predicted octanol–water partition coefficient (Wildman–Crippen LogP) is 1.63. The van der Waals surface area contributed by atoms with Crippen LogP contribution in [0.25, 0.3) is 5.76 Å². The van der Waals surface area contributed by atoms with Gasteiger partial charge >= 0.3 is 6.18 Å². The van der Waals surface area contributed by atoms with Gasteiger partial charge in [0.25, 0.3) is 5.91 Å². The summed E-state index contributed by atoms with van der Waals surface area (Å²) in [6.45, 7) is 0.934. The average molecular weight is 510 g/mol. The van der Waals surface area contributed by atoms with E-state index in [0.717, 1.165) is 19.1 Å². The number of rotatable bonds is 3. The van der Waals surface area contributed by atoms with Crippen molar-refractivity contribution in [1.82, 2.24) is 4.90 Å². The van der Waals surface area contributed by atoms with Crippen molar-refractivity contribution < 1.29 is 48.0 Å². The molecule has 1 aromatic rings. The number of alkyl halides is 3. The molecule has 36 heavy (non-hydrogen) atoms. The molecule has 0 heterocycles. The van der Waals surface area contributed by atoms with Gasteiger partial charge in [0.2, 0.25) is 5.78 Å². The Morgan fingerprint density at radius 2 is 1.81 bits per heavy atom. The van der Waals surface area contributed by atoms with Crippen molar-refractivity contribution in [3.8, 4) is 5.75 Å². The summed E-state index contributed by atoms with van der Waals surface area (Å²) >= 11 is 0. The van der Waals surface area contributed by atoms with Gasteiger partial charge < -0.3 is 26.2 Å². The van der Waals surface area contributed by atoms with Crippen LogP contribution in [-0.2, 0) is 20.8 Å². The first-order chi connectivity index (χ1) is 16.5. The summed E-state index contributed by atoms with van der Waals surface area (Å²) in [5, 5.41) is 43.7. The van der Waals surface area contributed by atoms with Crippen LogP contribution in [0.5, 0.6) is 5.75 Å². The van der Waals surface area contributed by atoms with E-state index in [4.69, 9.17) is 5.73 Å². The lowest BCUT2D eigenvalue weighted by molar-refractivity contribution is -0.154. The molecule has 5 atom stereocenters. The van der Waals surface area contributed by atoms with Gasteiger partial charge in [0.15, 0.2) is 11.4 Å². The van der Waals surface area contributed by atoms with E-state index in [1.54, 1.807) is 0 Å². The van der Waals surface area contributed by atoms with Crippen molar-refractivity contribution in [2.45, 2.75) is 43.5 Å². The summed E-state index contributed by atoms with van der Waals surface area (Å²) < 4.78 is 40.7. The van der Waals surface area contributed by atoms with Gasteiger partial charge in [-0.05, 0) is 57.0 Å². The largest absolute Gasteiger partial charge is 0.508 e. The number of benzene rings is 1. The predicted molar refractivity (Wildman–Crippen MR) is 119 cm³/mol. The maximum absolute atomic E-state index is 13.7. The fourth-order valence-electron chi connectivity index (χ4n) is 5.85. The fourth-order valence-corrected chi connectivity index (χ4v) is 5.85. The zero-order valence-corrected chi connectivity index (χ0v) is 19.6. The second kappa shape index (κ2) is 8.07. The van der Waals surface area contributed by atoms with Crippen molar-refractivity contribution >= 4 is 23.2 Å². The number of nitrogens with zero attached hydrogens (tertiary/aromatic N) is 1. The molecule has 0 bridgehead atoms. The molecule has 3 aliphatic rings. The van der Waals surface area contributed by atoms with Crippen LogP contribution in [0, 0.1) is 11.8 Å². The zero-order valence-electron chi connectivity index (χ0n) is 19.6. The molecule has 0 radical (unpaired) electrons. The zero-order chi connectivity index (χ0) is 27.1. The summed E-state index contributed by atoms with van der Waals surface area (Å²) in [6, 6.07) is 0.800. The second-order valence-corrected chi connectivity index (χ2v) is 9.75.